The molecule has 0 bridgehead atoms. The van der Waals surface area contributed by atoms with Crippen molar-refractivity contribution in [3.63, 3.8) is 0 Å². The van der Waals surface area contributed by atoms with Crippen LogP contribution in [-0.4, -0.2) is 30.4 Å². The summed E-state index contributed by atoms with van der Waals surface area (Å²) >= 11 is 0. The molecule has 2 N–H and O–H groups in total. The third kappa shape index (κ3) is 3.05. The van der Waals surface area contributed by atoms with Crippen LogP contribution in [0.4, 0.5) is 0 Å². The van der Waals surface area contributed by atoms with Gasteiger partial charge in [-0.15, -0.1) is 6.58 Å². The van der Waals surface area contributed by atoms with E-state index in [1.54, 1.807) is 18.0 Å². The van der Waals surface area contributed by atoms with Gasteiger partial charge in [0.2, 0.25) is 5.91 Å². The molecule has 0 aromatic heterocycles. The number of rotatable bonds is 4. The SMILES string of the molecule is C=CCN(C)C(=O)C(N)C(C)C. The van der Waals surface area contributed by atoms with Crippen LogP contribution in [0.15, 0.2) is 12.7 Å². The van der Waals surface area contributed by atoms with Gasteiger partial charge in [-0.25, -0.2) is 0 Å². The van der Waals surface area contributed by atoms with Crippen LogP contribution in [-0.2, 0) is 4.79 Å². The second kappa shape index (κ2) is 4.93. The Hall–Kier alpha value is -0.830. The fourth-order valence-electron chi connectivity index (χ4n) is 0.823. The number of carbonyl (C=O) groups excluding carboxylic acids is 1. The van der Waals surface area contributed by atoms with Gasteiger partial charge >= 0.3 is 0 Å². The zero-order chi connectivity index (χ0) is 9.72. The van der Waals surface area contributed by atoms with E-state index in [9.17, 15) is 4.79 Å². The van der Waals surface area contributed by atoms with Crippen LogP contribution in [0.5, 0.6) is 0 Å². The van der Waals surface area contributed by atoms with Gasteiger partial charge in [0.1, 0.15) is 0 Å². The van der Waals surface area contributed by atoms with Gasteiger partial charge in [0.15, 0.2) is 0 Å². The maximum absolute atomic E-state index is 11.4. The number of hydrogen-bond donors (Lipinski definition) is 1. The number of nitrogens with two attached hydrogens (primary N) is 1. The highest BCUT2D eigenvalue weighted by molar-refractivity contribution is 5.81. The summed E-state index contributed by atoms with van der Waals surface area (Å²) in [7, 11) is 1.73. The summed E-state index contributed by atoms with van der Waals surface area (Å²) in [5.41, 5.74) is 5.67. The van der Waals surface area contributed by atoms with Crippen LogP contribution in [0.3, 0.4) is 0 Å². The Morgan fingerprint density at radius 2 is 2.17 bits per heavy atom. The highest BCUT2D eigenvalue weighted by Gasteiger charge is 2.19. The van der Waals surface area contributed by atoms with E-state index < -0.39 is 6.04 Å². The predicted octanol–water partition coefficient (Wildman–Crippen LogP) is 0.614. The predicted molar refractivity (Wildman–Crippen MR) is 50.6 cm³/mol. The topological polar surface area (TPSA) is 46.3 Å². The van der Waals surface area contributed by atoms with E-state index >= 15 is 0 Å². The molecule has 70 valence electrons. The first kappa shape index (κ1) is 11.2. The second-order valence-electron chi connectivity index (χ2n) is 3.28. The van der Waals surface area contributed by atoms with Crippen molar-refractivity contribution in [2.75, 3.05) is 13.6 Å². The first-order valence-electron chi connectivity index (χ1n) is 4.12. The molecule has 1 atom stereocenters. The summed E-state index contributed by atoms with van der Waals surface area (Å²) in [6, 6.07) is -0.394. The van der Waals surface area contributed by atoms with Crippen LogP contribution in [0.25, 0.3) is 0 Å². The summed E-state index contributed by atoms with van der Waals surface area (Å²) in [5.74, 6) is 0.162. The van der Waals surface area contributed by atoms with Crippen LogP contribution in [0, 0.1) is 5.92 Å². The van der Waals surface area contributed by atoms with Crippen molar-refractivity contribution in [3.8, 4) is 0 Å². The van der Waals surface area contributed by atoms with Crippen LogP contribution >= 0.6 is 0 Å². The number of nitrogens with zero attached hydrogens (tertiary/aromatic N) is 1. The molecule has 0 saturated heterocycles. The Morgan fingerprint density at radius 1 is 1.67 bits per heavy atom. The maximum Gasteiger partial charge on any atom is 0.239 e. The monoisotopic (exact) mass is 170 g/mol. The molecule has 0 aliphatic carbocycles. The molecule has 0 rings (SSSR count). The van der Waals surface area contributed by atoms with Gasteiger partial charge in [0, 0.05) is 13.6 Å². The largest absolute Gasteiger partial charge is 0.341 e. The molecule has 0 saturated carbocycles. The van der Waals surface area contributed by atoms with Gasteiger partial charge in [0.25, 0.3) is 0 Å². The molecule has 0 aromatic rings. The molecular formula is C9H18N2O. The molecule has 0 aliphatic rings. The van der Waals surface area contributed by atoms with E-state index in [-0.39, 0.29) is 11.8 Å². The molecule has 0 heterocycles. The average molecular weight is 170 g/mol. The lowest BCUT2D eigenvalue weighted by Gasteiger charge is -2.21. The minimum atomic E-state index is -0.394. The molecule has 1 unspecified atom stereocenters. The number of amides is 1. The highest BCUT2D eigenvalue weighted by Crippen LogP contribution is 2.01. The van der Waals surface area contributed by atoms with E-state index in [1.165, 1.54) is 0 Å². The minimum Gasteiger partial charge on any atom is -0.341 e. The Morgan fingerprint density at radius 3 is 2.50 bits per heavy atom. The lowest BCUT2D eigenvalue weighted by Crippen LogP contribution is -2.44. The molecule has 0 aliphatic heterocycles. The molecular weight excluding hydrogens is 152 g/mol. The van der Waals surface area contributed by atoms with Gasteiger partial charge in [0.05, 0.1) is 6.04 Å². The fraction of sp³-hybridized carbons (Fsp3) is 0.667. The Balaban J connectivity index is 4.08. The second-order valence-corrected chi connectivity index (χ2v) is 3.28. The van der Waals surface area contributed by atoms with E-state index in [1.807, 2.05) is 13.8 Å². The first-order valence-corrected chi connectivity index (χ1v) is 4.12. The van der Waals surface area contributed by atoms with Crippen molar-refractivity contribution < 1.29 is 4.79 Å². The molecule has 1 amide bonds. The van der Waals surface area contributed by atoms with E-state index in [2.05, 4.69) is 6.58 Å². The van der Waals surface area contributed by atoms with Gasteiger partial charge in [-0.05, 0) is 5.92 Å². The number of likely N-dealkylation sites (N-methyl/N-ethyl adjacent to an activating group) is 1. The Kier molecular flexibility index (Phi) is 4.59. The lowest BCUT2D eigenvalue weighted by molar-refractivity contribution is -0.131. The summed E-state index contributed by atoms with van der Waals surface area (Å²) < 4.78 is 0. The first-order chi connectivity index (χ1) is 5.50. The van der Waals surface area contributed by atoms with Crippen LogP contribution < -0.4 is 5.73 Å². The van der Waals surface area contributed by atoms with Crippen molar-refractivity contribution in [3.05, 3.63) is 12.7 Å². The maximum atomic E-state index is 11.4. The van der Waals surface area contributed by atoms with Crippen LogP contribution in [0.2, 0.25) is 0 Å². The highest BCUT2D eigenvalue weighted by atomic mass is 16.2. The Bertz CT molecular complexity index is 166. The number of hydrogen-bond acceptors (Lipinski definition) is 2. The molecule has 3 nitrogen and oxygen atoms in total. The lowest BCUT2D eigenvalue weighted by atomic mass is 10.0. The van der Waals surface area contributed by atoms with Crippen molar-refractivity contribution in [1.82, 2.24) is 4.90 Å². The minimum absolute atomic E-state index is 0.0232. The summed E-state index contributed by atoms with van der Waals surface area (Å²) in [5, 5.41) is 0. The molecule has 12 heavy (non-hydrogen) atoms. The fourth-order valence-corrected chi connectivity index (χ4v) is 0.823. The van der Waals surface area contributed by atoms with Gasteiger partial charge in [-0.1, -0.05) is 19.9 Å². The van der Waals surface area contributed by atoms with E-state index in [4.69, 9.17) is 5.73 Å². The summed E-state index contributed by atoms with van der Waals surface area (Å²) in [6.07, 6.45) is 1.69. The number of carbonyl (C=O) groups is 1. The molecule has 0 radical (unpaired) electrons. The van der Waals surface area contributed by atoms with Crippen molar-refractivity contribution >= 4 is 5.91 Å². The standard InChI is InChI=1S/C9H18N2O/c1-5-6-11(4)9(12)8(10)7(2)3/h5,7-8H,1,6,10H2,2-4H3. The quantitative estimate of drug-likeness (QED) is 0.628. The van der Waals surface area contributed by atoms with Crippen LogP contribution in [0.1, 0.15) is 13.8 Å². The Labute approximate surface area is 74.2 Å². The van der Waals surface area contributed by atoms with E-state index in [0.29, 0.717) is 6.54 Å². The zero-order valence-electron chi connectivity index (χ0n) is 8.08. The van der Waals surface area contributed by atoms with Crippen molar-refractivity contribution in [1.29, 1.82) is 0 Å². The molecule has 0 aromatic carbocycles. The molecule has 3 heteroatoms. The van der Waals surface area contributed by atoms with E-state index in [0.717, 1.165) is 0 Å². The smallest absolute Gasteiger partial charge is 0.239 e. The molecule has 0 fully saturated rings. The average Bonchev–Trinajstić information content (AvgIpc) is 2.02. The van der Waals surface area contributed by atoms with Gasteiger partial charge in [-0.3, -0.25) is 4.79 Å². The van der Waals surface area contributed by atoms with Crippen molar-refractivity contribution in [2.45, 2.75) is 19.9 Å². The summed E-state index contributed by atoms with van der Waals surface area (Å²) in [4.78, 5) is 13.0. The molecule has 0 spiro atoms. The van der Waals surface area contributed by atoms with Crippen molar-refractivity contribution in [2.24, 2.45) is 11.7 Å². The van der Waals surface area contributed by atoms with Gasteiger partial charge < -0.3 is 10.6 Å². The summed E-state index contributed by atoms with van der Waals surface area (Å²) in [6.45, 7) is 7.98. The normalized spacial score (nSPS) is 12.8. The van der Waals surface area contributed by atoms with Gasteiger partial charge in [-0.2, -0.15) is 0 Å². The third-order valence-electron chi connectivity index (χ3n) is 1.78. The third-order valence-corrected chi connectivity index (χ3v) is 1.78. The zero-order valence-corrected chi connectivity index (χ0v) is 8.08.